The van der Waals surface area contributed by atoms with Gasteiger partial charge in [0.15, 0.2) is 0 Å². The number of benzene rings is 1. The van der Waals surface area contributed by atoms with Crippen molar-refractivity contribution in [2.24, 2.45) is 11.8 Å². The Balaban J connectivity index is 1.56. The van der Waals surface area contributed by atoms with Crippen molar-refractivity contribution in [2.75, 3.05) is 13.1 Å². The summed E-state index contributed by atoms with van der Waals surface area (Å²) in [5.41, 5.74) is 1.03. The van der Waals surface area contributed by atoms with E-state index in [1.165, 1.54) is 0 Å². The van der Waals surface area contributed by atoms with Gasteiger partial charge in [-0.05, 0) is 49.9 Å². The molecule has 2 aliphatic rings. The molecule has 1 unspecified atom stereocenters. The number of likely N-dealkylation sites (tertiary alicyclic amines) is 1. The number of aromatic nitrogens is 1. The Labute approximate surface area is 203 Å². The fraction of sp³-hybridized carbons (Fsp3) is 0.500. The van der Waals surface area contributed by atoms with Crippen LogP contribution in [-0.2, 0) is 4.79 Å². The van der Waals surface area contributed by atoms with E-state index >= 15 is 0 Å². The Morgan fingerprint density at radius 3 is 2.66 bits per heavy atom. The molecule has 1 saturated carbocycles. The lowest BCUT2D eigenvalue weighted by Gasteiger charge is -2.29. The summed E-state index contributed by atoms with van der Waals surface area (Å²) < 4.78 is 6.14. The van der Waals surface area contributed by atoms with Crippen LogP contribution >= 0.6 is 34.8 Å². The lowest BCUT2D eigenvalue weighted by atomic mass is 9.86. The first-order valence-corrected chi connectivity index (χ1v) is 12.1. The molecule has 1 aromatic heterocycles. The first kappa shape index (κ1) is 23.6. The summed E-state index contributed by atoms with van der Waals surface area (Å²) in [6.45, 7) is 3.16. The molecule has 5 nitrogen and oxygen atoms in total. The standard InChI is InChI=1S/C24H27Cl3N2O3/c1-14(32-23-8-6-17(25)11-28-23)19-12-29(24(31)16-3-2-4-18(30)9-16)13-20(19)15-5-7-21(26)22(27)10-15/h5-8,10-11,14,16,18-20,30H,2-4,9,12-13H2,1H3/t14-,16+,18?,19+,20+/m0/s1. The Morgan fingerprint density at radius 1 is 1.16 bits per heavy atom. The number of hydrogen-bond acceptors (Lipinski definition) is 4. The maximum Gasteiger partial charge on any atom is 0.225 e. The average molecular weight is 498 g/mol. The van der Waals surface area contributed by atoms with Crippen molar-refractivity contribution in [3.8, 4) is 5.88 Å². The molecule has 32 heavy (non-hydrogen) atoms. The molecule has 4 rings (SSSR count). The molecule has 0 bridgehead atoms. The monoisotopic (exact) mass is 496 g/mol. The zero-order valence-corrected chi connectivity index (χ0v) is 20.2. The van der Waals surface area contributed by atoms with E-state index in [2.05, 4.69) is 4.98 Å². The predicted molar refractivity (Wildman–Crippen MR) is 127 cm³/mol. The number of halogens is 3. The number of carbonyl (C=O) groups is 1. The Morgan fingerprint density at radius 2 is 1.97 bits per heavy atom. The SMILES string of the molecule is C[C@H](Oc1ccc(Cl)cn1)[C@H]1CN(C(=O)[C@@H]2CCCC(O)C2)C[C@@H]1c1ccc(Cl)c(Cl)c1. The maximum absolute atomic E-state index is 13.3. The fourth-order valence-electron chi connectivity index (χ4n) is 4.94. The van der Waals surface area contributed by atoms with Gasteiger partial charge < -0.3 is 14.7 Å². The smallest absolute Gasteiger partial charge is 0.225 e. The molecule has 1 N–H and O–H groups in total. The number of aliphatic hydroxyl groups excluding tert-OH is 1. The summed E-state index contributed by atoms with van der Waals surface area (Å²) in [5.74, 6) is 0.580. The van der Waals surface area contributed by atoms with Gasteiger partial charge in [0.05, 0.1) is 21.2 Å². The number of aliphatic hydroxyl groups is 1. The summed E-state index contributed by atoms with van der Waals surface area (Å²) in [4.78, 5) is 19.5. The average Bonchev–Trinajstić information content (AvgIpc) is 3.22. The molecule has 5 atom stereocenters. The van der Waals surface area contributed by atoms with Crippen molar-refractivity contribution in [3.05, 3.63) is 57.2 Å². The van der Waals surface area contributed by atoms with Crippen molar-refractivity contribution in [3.63, 3.8) is 0 Å². The van der Waals surface area contributed by atoms with Crippen LogP contribution in [0.2, 0.25) is 15.1 Å². The molecule has 2 aromatic rings. The summed E-state index contributed by atoms with van der Waals surface area (Å²) in [7, 11) is 0. The Bertz CT molecular complexity index is 956. The highest BCUT2D eigenvalue weighted by molar-refractivity contribution is 6.42. The van der Waals surface area contributed by atoms with Gasteiger partial charge in [0.1, 0.15) is 6.10 Å². The molecule has 1 aliphatic carbocycles. The van der Waals surface area contributed by atoms with Gasteiger partial charge in [0, 0.05) is 43.1 Å². The third kappa shape index (κ3) is 5.33. The van der Waals surface area contributed by atoms with Crippen molar-refractivity contribution in [1.82, 2.24) is 9.88 Å². The van der Waals surface area contributed by atoms with Gasteiger partial charge in [-0.25, -0.2) is 4.98 Å². The maximum atomic E-state index is 13.3. The van der Waals surface area contributed by atoms with E-state index in [0.717, 1.165) is 24.8 Å². The van der Waals surface area contributed by atoms with E-state index < -0.39 is 0 Å². The molecule has 172 valence electrons. The Hall–Kier alpha value is -1.53. The van der Waals surface area contributed by atoms with Crippen LogP contribution < -0.4 is 4.74 Å². The van der Waals surface area contributed by atoms with Gasteiger partial charge in [-0.15, -0.1) is 0 Å². The van der Waals surface area contributed by atoms with Crippen LogP contribution in [0.4, 0.5) is 0 Å². The number of pyridine rings is 1. The van der Waals surface area contributed by atoms with Gasteiger partial charge in [0.25, 0.3) is 0 Å². The third-order valence-corrected chi connectivity index (χ3v) is 7.62. The first-order valence-electron chi connectivity index (χ1n) is 11.0. The normalized spacial score (nSPS) is 26.7. The van der Waals surface area contributed by atoms with Gasteiger partial charge in [-0.2, -0.15) is 0 Å². The molecule has 1 aromatic carbocycles. The molecule has 1 amide bonds. The topological polar surface area (TPSA) is 62.7 Å². The minimum atomic E-state index is -0.389. The first-order chi connectivity index (χ1) is 15.3. The van der Waals surface area contributed by atoms with Crippen LogP contribution in [0.3, 0.4) is 0 Å². The number of nitrogens with zero attached hydrogens (tertiary/aromatic N) is 2. The Kier molecular flexibility index (Phi) is 7.51. The second-order valence-electron chi connectivity index (χ2n) is 8.84. The summed E-state index contributed by atoms with van der Waals surface area (Å²) in [5, 5.41) is 11.6. The fourth-order valence-corrected chi connectivity index (χ4v) is 5.35. The molecule has 2 heterocycles. The van der Waals surface area contributed by atoms with Crippen LogP contribution in [0.15, 0.2) is 36.5 Å². The van der Waals surface area contributed by atoms with Gasteiger partial charge >= 0.3 is 0 Å². The van der Waals surface area contributed by atoms with E-state index in [4.69, 9.17) is 39.5 Å². The van der Waals surface area contributed by atoms with Crippen LogP contribution in [0, 0.1) is 11.8 Å². The van der Waals surface area contributed by atoms with Crippen LogP contribution in [0.1, 0.15) is 44.1 Å². The number of amides is 1. The lowest BCUT2D eigenvalue weighted by Crippen LogP contribution is -2.38. The summed E-state index contributed by atoms with van der Waals surface area (Å²) in [6, 6.07) is 9.13. The van der Waals surface area contributed by atoms with Gasteiger partial charge in [-0.3, -0.25) is 4.79 Å². The minimum Gasteiger partial charge on any atom is -0.474 e. The van der Waals surface area contributed by atoms with Crippen molar-refractivity contribution < 1.29 is 14.6 Å². The second kappa shape index (κ2) is 10.2. The van der Waals surface area contributed by atoms with E-state index in [1.807, 2.05) is 24.0 Å². The van der Waals surface area contributed by atoms with Crippen molar-refractivity contribution >= 4 is 40.7 Å². The molecule has 8 heteroatoms. The lowest BCUT2D eigenvalue weighted by molar-refractivity contribution is -0.137. The number of hydrogen-bond donors (Lipinski definition) is 1. The largest absolute Gasteiger partial charge is 0.474 e. The number of carbonyl (C=O) groups excluding carboxylic acids is 1. The number of ether oxygens (including phenoxy) is 1. The molecular weight excluding hydrogens is 471 g/mol. The third-order valence-electron chi connectivity index (χ3n) is 6.65. The van der Waals surface area contributed by atoms with Crippen molar-refractivity contribution in [2.45, 2.75) is 50.7 Å². The quantitative estimate of drug-likeness (QED) is 0.584. The van der Waals surface area contributed by atoms with E-state index in [-0.39, 0.29) is 35.9 Å². The van der Waals surface area contributed by atoms with E-state index in [0.29, 0.717) is 40.5 Å². The van der Waals surface area contributed by atoms with E-state index in [9.17, 15) is 9.90 Å². The van der Waals surface area contributed by atoms with Crippen LogP contribution in [0.5, 0.6) is 5.88 Å². The second-order valence-corrected chi connectivity index (χ2v) is 10.1. The van der Waals surface area contributed by atoms with Gasteiger partial charge in [-0.1, -0.05) is 47.3 Å². The molecule has 1 aliphatic heterocycles. The van der Waals surface area contributed by atoms with E-state index in [1.54, 1.807) is 24.4 Å². The predicted octanol–water partition coefficient (Wildman–Crippen LogP) is 5.60. The highest BCUT2D eigenvalue weighted by Gasteiger charge is 2.42. The molecule has 0 spiro atoms. The zero-order chi connectivity index (χ0) is 22.8. The molecule has 2 fully saturated rings. The summed E-state index contributed by atoms with van der Waals surface area (Å²) >= 11 is 18.4. The molecular formula is C24H27Cl3N2O3. The van der Waals surface area contributed by atoms with Crippen molar-refractivity contribution in [1.29, 1.82) is 0 Å². The minimum absolute atomic E-state index is 0.0437. The zero-order valence-electron chi connectivity index (χ0n) is 17.9. The van der Waals surface area contributed by atoms with Gasteiger partial charge in [0.2, 0.25) is 11.8 Å². The molecule has 0 radical (unpaired) electrons. The highest BCUT2D eigenvalue weighted by atomic mass is 35.5. The summed E-state index contributed by atoms with van der Waals surface area (Å²) in [6.07, 6.45) is 3.99. The van der Waals surface area contributed by atoms with Crippen LogP contribution in [-0.4, -0.2) is 46.2 Å². The highest BCUT2D eigenvalue weighted by Crippen LogP contribution is 2.39. The molecule has 1 saturated heterocycles. The number of rotatable bonds is 5. The van der Waals surface area contributed by atoms with Crippen LogP contribution in [0.25, 0.3) is 0 Å².